The molecule has 0 aliphatic carbocycles. The van der Waals surface area contributed by atoms with Gasteiger partial charge in [0.15, 0.2) is 5.13 Å². The Bertz CT molecular complexity index is 338. The number of amides is 1. The smallest absolute Gasteiger partial charge is 0.263 e. The van der Waals surface area contributed by atoms with E-state index in [-0.39, 0.29) is 19.1 Å². The zero-order valence-corrected chi connectivity index (χ0v) is 9.01. The van der Waals surface area contributed by atoms with Crippen molar-refractivity contribution in [2.75, 3.05) is 25.0 Å². The van der Waals surface area contributed by atoms with Crippen LogP contribution in [0.25, 0.3) is 0 Å². The number of aromatic nitrogens is 1. The Morgan fingerprint density at radius 1 is 1.73 bits per heavy atom. The Balaban J connectivity index is 2.51. The van der Waals surface area contributed by atoms with Crippen molar-refractivity contribution in [2.24, 2.45) is 0 Å². The number of aliphatic hydroxyl groups excluding tert-OH is 1. The fourth-order valence-electron chi connectivity index (χ4n) is 0.877. The van der Waals surface area contributed by atoms with Gasteiger partial charge in [0.05, 0.1) is 12.8 Å². The van der Waals surface area contributed by atoms with E-state index >= 15 is 0 Å². The monoisotopic (exact) mass is 227 g/mol. The van der Waals surface area contributed by atoms with Crippen LogP contribution in [0, 0.1) is 0 Å². The molecule has 1 rings (SSSR count). The number of nitrogens with one attached hydrogen (secondary N) is 2. The highest BCUT2D eigenvalue weighted by Gasteiger charge is 2.08. The molecular weight excluding hydrogens is 214 g/mol. The zero-order valence-electron chi connectivity index (χ0n) is 8.19. The molecule has 1 aromatic rings. The van der Waals surface area contributed by atoms with Gasteiger partial charge < -0.3 is 15.7 Å². The van der Waals surface area contributed by atoms with Crippen LogP contribution in [0.3, 0.4) is 0 Å². The number of hydrogen-bond donors (Lipinski definition) is 3. The predicted molar refractivity (Wildman–Crippen MR) is 60.2 cm³/mol. The van der Waals surface area contributed by atoms with Crippen LogP contribution in [0.5, 0.6) is 0 Å². The van der Waals surface area contributed by atoms with Gasteiger partial charge in [-0.25, -0.2) is 4.98 Å². The van der Waals surface area contributed by atoms with Crippen LogP contribution >= 0.6 is 11.3 Å². The van der Waals surface area contributed by atoms with Gasteiger partial charge >= 0.3 is 0 Å². The quantitative estimate of drug-likeness (QED) is 0.617. The molecule has 0 radical (unpaired) electrons. The minimum Gasteiger partial charge on any atom is -0.395 e. The van der Waals surface area contributed by atoms with Gasteiger partial charge in [0.25, 0.3) is 5.91 Å². The second-order valence-corrected chi connectivity index (χ2v) is 3.71. The maximum absolute atomic E-state index is 11.4. The van der Waals surface area contributed by atoms with Crippen LogP contribution < -0.4 is 10.6 Å². The van der Waals surface area contributed by atoms with E-state index in [1.165, 1.54) is 17.5 Å². The summed E-state index contributed by atoms with van der Waals surface area (Å²) >= 11 is 1.27. The summed E-state index contributed by atoms with van der Waals surface area (Å²) < 4.78 is 0. The Morgan fingerprint density at radius 2 is 2.53 bits per heavy atom. The summed E-state index contributed by atoms with van der Waals surface area (Å²) in [5, 5.41) is 14.8. The molecule has 15 heavy (non-hydrogen) atoms. The van der Waals surface area contributed by atoms with E-state index in [4.69, 9.17) is 5.11 Å². The van der Waals surface area contributed by atoms with E-state index in [1.54, 1.807) is 6.08 Å². The van der Waals surface area contributed by atoms with Gasteiger partial charge in [-0.2, -0.15) is 0 Å². The van der Waals surface area contributed by atoms with E-state index in [0.29, 0.717) is 16.6 Å². The Hall–Kier alpha value is -1.40. The summed E-state index contributed by atoms with van der Waals surface area (Å²) in [4.78, 5) is 15.9. The molecule has 6 heteroatoms. The number of nitrogens with zero attached hydrogens (tertiary/aromatic N) is 1. The lowest BCUT2D eigenvalue weighted by Gasteiger charge is -1.98. The summed E-state index contributed by atoms with van der Waals surface area (Å²) in [6.45, 7) is 4.37. The molecular formula is C9H13N3O2S. The minimum atomic E-state index is -0.215. The number of carbonyl (C=O) groups is 1. The van der Waals surface area contributed by atoms with Crippen LogP contribution in [0.2, 0.25) is 0 Å². The topological polar surface area (TPSA) is 74.2 Å². The highest BCUT2D eigenvalue weighted by atomic mass is 32.1. The Kier molecular flexibility index (Phi) is 4.79. The number of carbonyl (C=O) groups excluding carboxylic acids is 1. The molecule has 0 aromatic carbocycles. The third kappa shape index (κ3) is 3.69. The molecule has 1 aromatic heterocycles. The second kappa shape index (κ2) is 6.15. The average molecular weight is 227 g/mol. The van der Waals surface area contributed by atoms with Crippen molar-refractivity contribution in [2.45, 2.75) is 0 Å². The van der Waals surface area contributed by atoms with Crippen LogP contribution in [-0.2, 0) is 0 Å². The standard InChI is InChI=1S/C9H13N3O2S/c1-2-3-11-9-12-6-7(15-9)8(14)10-4-5-13/h2,6,13H,1,3-5H2,(H,10,14)(H,11,12). The van der Waals surface area contributed by atoms with Crippen LogP contribution in [0.1, 0.15) is 9.67 Å². The van der Waals surface area contributed by atoms with Crippen molar-refractivity contribution in [3.63, 3.8) is 0 Å². The van der Waals surface area contributed by atoms with Gasteiger partial charge in [-0.15, -0.1) is 6.58 Å². The fourth-order valence-corrected chi connectivity index (χ4v) is 1.62. The average Bonchev–Trinajstić information content (AvgIpc) is 2.71. The maximum Gasteiger partial charge on any atom is 0.263 e. The van der Waals surface area contributed by atoms with E-state index in [2.05, 4.69) is 22.2 Å². The van der Waals surface area contributed by atoms with E-state index in [9.17, 15) is 4.79 Å². The van der Waals surface area contributed by atoms with Crippen molar-refractivity contribution >= 4 is 22.4 Å². The number of hydrogen-bond acceptors (Lipinski definition) is 5. The lowest BCUT2D eigenvalue weighted by molar-refractivity contribution is 0.0948. The van der Waals surface area contributed by atoms with Crippen LogP contribution in [0.4, 0.5) is 5.13 Å². The molecule has 5 nitrogen and oxygen atoms in total. The van der Waals surface area contributed by atoms with Crippen LogP contribution in [-0.4, -0.2) is 35.7 Å². The second-order valence-electron chi connectivity index (χ2n) is 2.68. The number of thiazole rings is 1. The van der Waals surface area contributed by atoms with Crippen LogP contribution in [0.15, 0.2) is 18.9 Å². The zero-order chi connectivity index (χ0) is 11.1. The normalized spacial score (nSPS) is 9.67. The third-order valence-corrected chi connectivity index (χ3v) is 2.48. The maximum atomic E-state index is 11.4. The van der Waals surface area contributed by atoms with E-state index in [0.717, 1.165) is 0 Å². The lowest BCUT2D eigenvalue weighted by Crippen LogP contribution is -2.25. The van der Waals surface area contributed by atoms with Crippen molar-refractivity contribution < 1.29 is 9.90 Å². The first kappa shape index (κ1) is 11.7. The summed E-state index contributed by atoms with van der Waals surface area (Å²) in [7, 11) is 0. The summed E-state index contributed by atoms with van der Waals surface area (Å²) in [5.41, 5.74) is 0. The number of anilines is 1. The molecule has 0 saturated carbocycles. The molecule has 1 heterocycles. The highest BCUT2D eigenvalue weighted by Crippen LogP contribution is 2.17. The summed E-state index contributed by atoms with van der Waals surface area (Å²) in [5.74, 6) is -0.215. The number of aliphatic hydroxyl groups is 1. The Labute approximate surface area is 91.8 Å². The van der Waals surface area contributed by atoms with Crippen molar-refractivity contribution in [3.05, 3.63) is 23.7 Å². The fraction of sp³-hybridized carbons (Fsp3) is 0.333. The first-order valence-electron chi connectivity index (χ1n) is 4.47. The highest BCUT2D eigenvalue weighted by molar-refractivity contribution is 7.17. The predicted octanol–water partition coefficient (Wildman–Crippen LogP) is 0.463. The molecule has 0 aliphatic heterocycles. The SMILES string of the molecule is C=CCNc1ncc(C(=O)NCCO)s1. The largest absolute Gasteiger partial charge is 0.395 e. The van der Waals surface area contributed by atoms with E-state index in [1.807, 2.05) is 0 Å². The lowest BCUT2D eigenvalue weighted by atomic mass is 10.5. The van der Waals surface area contributed by atoms with Gasteiger partial charge in [-0.1, -0.05) is 17.4 Å². The van der Waals surface area contributed by atoms with Gasteiger partial charge in [-0.3, -0.25) is 4.79 Å². The molecule has 3 N–H and O–H groups in total. The van der Waals surface area contributed by atoms with Gasteiger partial charge in [0.1, 0.15) is 4.88 Å². The number of rotatable bonds is 6. The van der Waals surface area contributed by atoms with Gasteiger partial charge in [0.2, 0.25) is 0 Å². The Morgan fingerprint density at radius 3 is 3.20 bits per heavy atom. The van der Waals surface area contributed by atoms with Crippen molar-refractivity contribution in [3.8, 4) is 0 Å². The van der Waals surface area contributed by atoms with E-state index < -0.39 is 0 Å². The summed E-state index contributed by atoms with van der Waals surface area (Å²) in [6, 6.07) is 0. The molecule has 82 valence electrons. The molecule has 0 saturated heterocycles. The third-order valence-electron chi connectivity index (χ3n) is 1.52. The molecule has 0 bridgehead atoms. The molecule has 0 aliphatic rings. The molecule has 0 fully saturated rings. The molecule has 1 amide bonds. The first-order chi connectivity index (χ1) is 7.27. The summed E-state index contributed by atoms with van der Waals surface area (Å²) in [6.07, 6.45) is 3.22. The van der Waals surface area contributed by atoms with Crippen molar-refractivity contribution in [1.82, 2.24) is 10.3 Å². The minimum absolute atomic E-state index is 0.0634. The first-order valence-corrected chi connectivity index (χ1v) is 5.29. The van der Waals surface area contributed by atoms with Gasteiger partial charge in [0, 0.05) is 13.1 Å². The molecule has 0 atom stereocenters. The van der Waals surface area contributed by atoms with Crippen molar-refractivity contribution in [1.29, 1.82) is 0 Å². The molecule has 0 spiro atoms. The van der Waals surface area contributed by atoms with Gasteiger partial charge in [-0.05, 0) is 0 Å². The molecule has 0 unspecified atom stereocenters.